The lowest BCUT2D eigenvalue weighted by Gasteiger charge is -2.02. The number of aromatic nitrogens is 4. The highest BCUT2D eigenvalue weighted by Gasteiger charge is 2.20. The van der Waals surface area contributed by atoms with Crippen LogP contribution in [0.25, 0.3) is 22.1 Å². The molecular weight excluding hydrogens is 540 g/mol. The fourth-order valence-electron chi connectivity index (χ4n) is 3.33. The summed E-state index contributed by atoms with van der Waals surface area (Å²) < 4.78 is 9.18. The first-order valence-corrected chi connectivity index (χ1v) is 13.7. The lowest BCUT2D eigenvalue weighted by atomic mass is 10.2. The summed E-state index contributed by atoms with van der Waals surface area (Å²) in [7, 11) is 0. The Kier molecular flexibility index (Phi) is 11.7. The largest absolute Gasteiger partial charge is 0.396 e. The number of nitro groups is 2. The van der Waals surface area contributed by atoms with Crippen LogP contribution in [0.5, 0.6) is 0 Å². The first-order valence-electron chi connectivity index (χ1n) is 11.7. The monoisotopic (exact) mass is 566 g/mol. The van der Waals surface area contributed by atoms with Gasteiger partial charge in [-0.25, -0.2) is 9.26 Å². The van der Waals surface area contributed by atoms with E-state index >= 15 is 0 Å². The number of aliphatic hydroxyl groups excluding tert-OH is 2. The van der Waals surface area contributed by atoms with Crippen molar-refractivity contribution >= 4 is 57.0 Å². The second kappa shape index (κ2) is 15.2. The molecule has 38 heavy (non-hydrogen) atoms. The summed E-state index contributed by atoms with van der Waals surface area (Å²) in [6, 6.07) is 6.17. The quantitative estimate of drug-likeness (QED) is 0.0912. The molecule has 0 bridgehead atoms. The molecule has 0 atom stereocenters. The van der Waals surface area contributed by atoms with Crippen LogP contribution in [-0.2, 0) is 0 Å². The molecule has 0 saturated heterocycles. The molecule has 2 aromatic heterocycles. The van der Waals surface area contributed by atoms with E-state index in [0.29, 0.717) is 11.0 Å². The number of fused-ring (bicyclic) bond motifs is 2. The smallest absolute Gasteiger partial charge is 0.300 e. The van der Waals surface area contributed by atoms with E-state index in [9.17, 15) is 20.2 Å². The zero-order chi connectivity index (χ0) is 27.3. The summed E-state index contributed by atoms with van der Waals surface area (Å²) in [5.41, 5.74) is 1.03. The molecule has 0 aliphatic carbocycles. The number of unbranched alkanes of at least 4 members (excludes halogenated alkanes) is 4. The van der Waals surface area contributed by atoms with Crippen LogP contribution in [0.1, 0.15) is 38.5 Å². The van der Waals surface area contributed by atoms with Crippen molar-refractivity contribution in [2.45, 2.75) is 48.3 Å². The molecule has 4 rings (SSSR count). The summed E-state index contributed by atoms with van der Waals surface area (Å²) in [6.45, 7) is 0.405. The van der Waals surface area contributed by atoms with Crippen molar-refractivity contribution in [1.82, 2.24) is 20.6 Å². The third-order valence-electron chi connectivity index (χ3n) is 5.23. The number of nitrogens with zero attached hydrogens (tertiary/aromatic N) is 6. The number of benzene rings is 2. The lowest BCUT2D eigenvalue weighted by Crippen LogP contribution is -1.91. The minimum atomic E-state index is -0.507. The second-order valence-corrected chi connectivity index (χ2v) is 10.1. The highest BCUT2D eigenvalue weighted by atomic mass is 32.2. The van der Waals surface area contributed by atoms with Gasteiger partial charge in [-0.15, -0.1) is 23.5 Å². The van der Waals surface area contributed by atoms with E-state index in [0.717, 1.165) is 59.8 Å². The highest BCUT2D eigenvalue weighted by Crippen LogP contribution is 2.33. The van der Waals surface area contributed by atoms with Crippen LogP contribution in [0.4, 0.5) is 11.4 Å². The molecule has 14 nitrogen and oxygen atoms in total. The van der Waals surface area contributed by atoms with Gasteiger partial charge < -0.3 is 10.2 Å². The molecule has 204 valence electrons. The normalized spacial score (nSPS) is 11.0. The Labute approximate surface area is 224 Å². The van der Waals surface area contributed by atoms with Crippen LogP contribution in [-0.4, -0.2) is 65.4 Å². The highest BCUT2D eigenvalue weighted by molar-refractivity contribution is 7.99. The van der Waals surface area contributed by atoms with Crippen molar-refractivity contribution in [1.29, 1.82) is 0 Å². The Morgan fingerprint density at radius 3 is 1.47 bits per heavy atom. The van der Waals surface area contributed by atoms with Crippen molar-refractivity contribution in [2.75, 3.05) is 24.7 Å². The molecule has 4 aromatic rings. The Bertz CT molecular complexity index is 1350. The fraction of sp³-hybridized carbons (Fsp3) is 0.455. The van der Waals surface area contributed by atoms with Crippen LogP contribution < -0.4 is 0 Å². The standard InChI is InChI=1S/C12H15N3O4S.C10H11N3O4S/c16-7-3-1-2-4-8-20-10-6-5-9(15(17)18)11-12(10)14-19-13-11;14-5-1-2-6-18-8-4-3-7(13(15)16)9-10(8)12-17-11-9/h5-6,16H,1-4,7-8H2;3-4,14H,1-2,5-6H2. The van der Waals surface area contributed by atoms with Crippen molar-refractivity contribution in [2.24, 2.45) is 0 Å². The maximum Gasteiger partial charge on any atom is 0.300 e. The first kappa shape index (κ1) is 29.2. The predicted molar refractivity (Wildman–Crippen MR) is 140 cm³/mol. The van der Waals surface area contributed by atoms with Gasteiger partial charge in [-0.1, -0.05) is 12.8 Å². The van der Waals surface area contributed by atoms with Gasteiger partial charge in [0.2, 0.25) is 11.0 Å². The molecular formula is C22H26N6O8S2. The van der Waals surface area contributed by atoms with E-state index in [-0.39, 0.29) is 35.6 Å². The Morgan fingerprint density at radius 2 is 1.03 bits per heavy atom. The predicted octanol–water partition coefficient (Wildman–Crippen LogP) is 4.77. The van der Waals surface area contributed by atoms with E-state index in [4.69, 9.17) is 10.2 Å². The molecule has 0 unspecified atom stereocenters. The number of rotatable bonds is 14. The molecule has 0 aliphatic rings. The lowest BCUT2D eigenvalue weighted by molar-refractivity contribution is -0.383. The third-order valence-corrected chi connectivity index (χ3v) is 7.49. The van der Waals surface area contributed by atoms with Crippen LogP contribution in [0, 0.1) is 20.2 Å². The zero-order valence-corrected chi connectivity index (χ0v) is 21.9. The fourth-order valence-corrected chi connectivity index (χ4v) is 5.34. The minimum absolute atomic E-state index is 0.0893. The maximum atomic E-state index is 10.9. The first-order chi connectivity index (χ1) is 18.5. The van der Waals surface area contributed by atoms with Gasteiger partial charge in [0.15, 0.2) is 11.0 Å². The summed E-state index contributed by atoms with van der Waals surface area (Å²) >= 11 is 3.10. The molecule has 16 heteroatoms. The summed E-state index contributed by atoms with van der Waals surface area (Å²) in [5.74, 6) is 1.70. The van der Waals surface area contributed by atoms with E-state index in [1.165, 1.54) is 23.9 Å². The van der Waals surface area contributed by atoms with Crippen molar-refractivity contribution in [3.8, 4) is 0 Å². The summed E-state index contributed by atoms with van der Waals surface area (Å²) in [5, 5.41) is 53.6. The molecule has 2 aromatic carbocycles. The number of non-ortho nitro benzene ring substituents is 2. The molecule has 0 fully saturated rings. The summed E-state index contributed by atoms with van der Waals surface area (Å²) in [6.07, 6.45) is 5.53. The number of hydrogen-bond donors (Lipinski definition) is 2. The van der Waals surface area contributed by atoms with Gasteiger partial charge in [-0.2, -0.15) is 0 Å². The number of nitro benzene ring substituents is 2. The van der Waals surface area contributed by atoms with Crippen LogP contribution >= 0.6 is 23.5 Å². The average Bonchev–Trinajstić information content (AvgIpc) is 3.59. The second-order valence-electron chi connectivity index (χ2n) is 7.87. The van der Waals surface area contributed by atoms with Crippen LogP contribution in [0.15, 0.2) is 43.3 Å². The third kappa shape index (κ3) is 7.83. The number of thioether (sulfide) groups is 2. The number of hydrogen-bond acceptors (Lipinski definition) is 14. The Morgan fingerprint density at radius 1 is 0.632 bits per heavy atom. The van der Waals surface area contributed by atoms with E-state index < -0.39 is 9.85 Å². The van der Waals surface area contributed by atoms with Crippen LogP contribution in [0.3, 0.4) is 0 Å². The van der Waals surface area contributed by atoms with Crippen molar-refractivity contribution < 1.29 is 29.3 Å². The van der Waals surface area contributed by atoms with E-state index in [1.807, 2.05) is 0 Å². The minimum Gasteiger partial charge on any atom is -0.396 e. The van der Waals surface area contributed by atoms with Gasteiger partial charge >= 0.3 is 11.4 Å². The molecule has 2 N–H and O–H groups in total. The maximum absolute atomic E-state index is 10.9. The Hall–Kier alpha value is -3.34. The zero-order valence-electron chi connectivity index (χ0n) is 20.2. The van der Waals surface area contributed by atoms with Gasteiger partial charge in [0.25, 0.3) is 0 Å². The van der Waals surface area contributed by atoms with Gasteiger partial charge in [0.1, 0.15) is 0 Å². The molecule has 2 heterocycles. The topological polar surface area (TPSA) is 205 Å². The van der Waals surface area contributed by atoms with Crippen molar-refractivity contribution in [3.63, 3.8) is 0 Å². The molecule has 0 saturated carbocycles. The van der Waals surface area contributed by atoms with E-state index in [2.05, 4.69) is 29.9 Å². The van der Waals surface area contributed by atoms with Crippen LogP contribution in [0.2, 0.25) is 0 Å². The van der Waals surface area contributed by atoms with E-state index in [1.54, 1.807) is 23.9 Å². The van der Waals surface area contributed by atoms with Crippen molar-refractivity contribution in [3.05, 3.63) is 44.5 Å². The molecule has 0 amide bonds. The average molecular weight is 567 g/mol. The number of aliphatic hydroxyl groups is 2. The molecule has 0 aliphatic heterocycles. The summed E-state index contributed by atoms with van der Waals surface area (Å²) in [4.78, 5) is 22.3. The Balaban J connectivity index is 0.000000212. The van der Waals surface area contributed by atoms with Gasteiger partial charge in [0, 0.05) is 35.1 Å². The molecule has 0 radical (unpaired) electrons. The van der Waals surface area contributed by atoms with Gasteiger partial charge in [0.05, 0.1) is 9.85 Å². The SMILES string of the molecule is O=[N+]([O-])c1ccc(SCCCCCCO)c2nonc12.O=[N+]([O-])c1ccc(SCCCCO)c2nonc12. The van der Waals surface area contributed by atoms with Gasteiger partial charge in [-0.05, 0) is 69.9 Å². The molecule has 0 spiro atoms. The van der Waals surface area contributed by atoms with Gasteiger partial charge in [-0.3, -0.25) is 20.2 Å².